The predicted molar refractivity (Wildman–Crippen MR) is 76.1 cm³/mol. The molecule has 1 aliphatic rings. The number of benzene rings is 1. The van der Waals surface area contributed by atoms with Crippen LogP contribution in [0.2, 0.25) is 0 Å². The number of rotatable bonds is 8. The standard InChI is InChI=1S/C16H25NO/c1-13(17-11-3-4-14-5-6-14)12-15-7-9-16(18-2)10-8-15/h7-10,13-14,17H,3-6,11-12H2,1-2H3. The van der Waals surface area contributed by atoms with E-state index in [0.717, 1.165) is 24.6 Å². The average molecular weight is 247 g/mol. The zero-order chi connectivity index (χ0) is 12.8. The van der Waals surface area contributed by atoms with Crippen LogP contribution in [0.25, 0.3) is 0 Å². The van der Waals surface area contributed by atoms with Crippen molar-refractivity contribution in [2.24, 2.45) is 5.92 Å². The van der Waals surface area contributed by atoms with Crippen molar-refractivity contribution in [1.82, 2.24) is 5.32 Å². The van der Waals surface area contributed by atoms with E-state index in [1.807, 2.05) is 12.1 Å². The van der Waals surface area contributed by atoms with Crippen molar-refractivity contribution in [2.75, 3.05) is 13.7 Å². The van der Waals surface area contributed by atoms with E-state index >= 15 is 0 Å². The summed E-state index contributed by atoms with van der Waals surface area (Å²) >= 11 is 0. The summed E-state index contributed by atoms with van der Waals surface area (Å²) < 4.78 is 5.17. The van der Waals surface area contributed by atoms with Crippen molar-refractivity contribution < 1.29 is 4.74 Å². The maximum atomic E-state index is 5.17. The summed E-state index contributed by atoms with van der Waals surface area (Å²) in [5.74, 6) is 1.99. The van der Waals surface area contributed by atoms with Crippen LogP contribution in [0.15, 0.2) is 24.3 Å². The normalized spacial score (nSPS) is 16.6. The molecule has 2 heteroatoms. The second kappa shape index (κ2) is 6.79. The molecule has 0 radical (unpaired) electrons. The molecule has 0 spiro atoms. The van der Waals surface area contributed by atoms with Gasteiger partial charge in [-0.15, -0.1) is 0 Å². The van der Waals surface area contributed by atoms with E-state index in [4.69, 9.17) is 4.74 Å². The summed E-state index contributed by atoms with van der Waals surface area (Å²) in [6.07, 6.45) is 6.79. The highest BCUT2D eigenvalue weighted by Gasteiger charge is 2.19. The van der Waals surface area contributed by atoms with Crippen LogP contribution in [0.3, 0.4) is 0 Å². The first-order valence-corrected chi connectivity index (χ1v) is 7.14. The minimum Gasteiger partial charge on any atom is -0.497 e. The number of hydrogen-bond donors (Lipinski definition) is 1. The molecule has 0 saturated heterocycles. The number of hydrogen-bond acceptors (Lipinski definition) is 2. The number of methoxy groups -OCH3 is 1. The topological polar surface area (TPSA) is 21.3 Å². The molecule has 100 valence electrons. The minimum absolute atomic E-state index is 0.553. The fourth-order valence-electron chi connectivity index (χ4n) is 2.33. The van der Waals surface area contributed by atoms with Crippen LogP contribution in [-0.2, 0) is 6.42 Å². The van der Waals surface area contributed by atoms with E-state index in [1.54, 1.807) is 7.11 Å². The molecule has 1 aromatic rings. The van der Waals surface area contributed by atoms with Gasteiger partial charge in [-0.3, -0.25) is 0 Å². The highest BCUT2D eigenvalue weighted by Crippen LogP contribution is 2.33. The molecule has 1 aliphatic carbocycles. The Kier molecular flexibility index (Phi) is 5.06. The van der Waals surface area contributed by atoms with E-state index < -0.39 is 0 Å². The molecule has 2 rings (SSSR count). The molecule has 0 aromatic heterocycles. The van der Waals surface area contributed by atoms with E-state index in [2.05, 4.69) is 24.4 Å². The van der Waals surface area contributed by atoms with Gasteiger partial charge in [-0.2, -0.15) is 0 Å². The SMILES string of the molecule is COc1ccc(CC(C)NCCCC2CC2)cc1. The Balaban J connectivity index is 1.63. The average Bonchev–Trinajstić information content (AvgIpc) is 3.20. The molecule has 1 atom stereocenters. The van der Waals surface area contributed by atoms with E-state index in [-0.39, 0.29) is 0 Å². The number of nitrogens with one attached hydrogen (secondary N) is 1. The fraction of sp³-hybridized carbons (Fsp3) is 0.625. The lowest BCUT2D eigenvalue weighted by Gasteiger charge is -2.14. The lowest BCUT2D eigenvalue weighted by Crippen LogP contribution is -2.29. The molecule has 1 fully saturated rings. The second-order valence-corrected chi connectivity index (χ2v) is 5.49. The molecular formula is C16H25NO. The first-order chi connectivity index (χ1) is 8.78. The molecule has 1 N–H and O–H groups in total. The molecule has 1 saturated carbocycles. The predicted octanol–water partition coefficient (Wildman–Crippen LogP) is 3.41. The van der Waals surface area contributed by atoms with Gasteiger partial charge in [0.15, 0.2) is 0 Å². The van der Waals surface area contributed by atoms with Gasteiger partial charge in [-0.1, -0.05) is 25.0 Å². The number of ether oxygens (including phenoxy) is 1. The maximum absolute atomic E-state index is 5.17. The molecule has 1 unspecified atom stereocenters. The Bertz CT molecular complexity index is 343. The van der Waals surface area contributed by atoms with Crippen molar-refractivity contribution in [1.29, 1.82) is 0 Å². The molecule has 2 nitrogen and oxygen atoms in total. The molecule has 18 heavy (non-hydrogen) atoms. The van der Waals surface area contributed by atoms with Crippen LogP contribution in [0.5, 0.6) is 5.75 Å². The van der Waals surface area contributed by atoms with Crippen LogP contribution >= 0.6 is 0 Å². The lowest BCUT2D eigenvalue weighted by atomic mass is 10.1. The first kappa shape index (κ1) is 13.4. The monoisotopic (exact) mass is 247 g/mol. The van der Waals surface area contributed by atoms with Crippen LogP contribution in [0, 0.1) is 5.92 Å². The van der Waals surface area contributed by atoms with Gasteiger partial charge in [0.2, 0.25) is 0 Å². The van der Waals surface area contributed by atoms with Gasteiger partial charge in [0.1, 0.15) is 5.75 Å². The first-order valence-electron chi connectivity index (χ1n) is 7.14. The van der Waals surface area contributed by atoms with Gasteiger partial charge in [0.25, 0.3) is 0 Å². The molecule has 0 amide bonds. The van der Waals surface area contributed by atoms with Crippen molar-refractivity contribution in [3.8, 4) is 5.75 Å². The Hall–Kier alpha value is -1.02. The summed E-state index contributed by atoms with van der Waals surface area (Å²) in [5.41, 5.74) is 1.37. The Morgan fingerprint density at radius 2 is 2.00 bits per heavy atom. The van der Waals surface area contributed by atoms with Crippen LogP contribution in [-0.4, -0.2) is 19.7 Å². The highest BCUT2D eigenvalue weighted by atomic mass is 16.5. The van der Waals surface area contributed by atoms with Gasteiger partial charge in [-0.05, 0) is 56.3 Å². The van der Waals surface area contributed by atoms with E-state index in [9.17, 15) is 0 Å². The van der Waals surface area contributed by atoms with E-state index in [0.29, 0.717) is 6.04 Å². The molecule has 0 heterocycles. The van der Waals surface area contributed by atoms with Gasteiger partial charge in [0.05, 0.1) is 7.11 Å². The lowest BCUT2D eigenvalue weighted by molar-refractivity contribution is 0.414. The molecular weight excluding hydrogens is 222 g/mol. The summed E-state index contributed by atoms with van der Waals surface area (Å²) in [4.78, 5) is 0. The highest BCUT2D eigenvalue weighted by molar-refractivity contribution is 5.27. The van der Waals surface area contributed by atoms with Crippen molar-refractivity contribution in [3.63, 3.8) is 0 Å². The van der Waals surface area contributed by atoms with Crippen molar-refractivity contribution >= 4 is 0 Å². The maximum Gasteiger partial charge on any atom is 0.118 e. The van der Waals surface area contributed by atoms with Gasteiger partial charge in [-0.25, -0.2) is 0 Å². The third kappa shape index (κ3) is 4.69. The zero-order valence-electron chi connectivity index (χ0n) is 11.6. The van der Waals surface area contributed by atoms with Gasteiger partial charge in [0, 0.05) is 6.04 Å². The van der Waals surface area contributed by atoms with Gasteiger partial charge < -0.3 is 10.1 Å². The van der Waals surface area contributed by atoms with Gasteiger partial charge >= 0.3 is 0 Å². The molecule has 0 bridgehead atoms. The minimum atomic E-state index is 0.553. The second-order valence-electron chi connectivity index (χ2n) is 5.49. The summed E-state index contributed by atoms with van der Waals surface area (Å²) in [7, 11) is 1.71. The van der Waals surface area contributed by atoms with Crippen LogP contribution in [0.4, 0.5) is 0 Å². The zero-order valence-corrected chi connectivity index (χ0v) is 11.6. The molecule has 0 aliphatic heterocycles. The van der Waals surface area contributed by atoms with Crippen molar-refractivity contribution in [2.45, 2.75) is 45.1 Å². The largest absolute Gasteiger partial charge is 0.497 e. The third-order valence-electron chi connectivity index (χ3n) is 3.68. The Morgan fingerprint density at radius 3 is 2.61 bits per heavy atom. The Morgan fingerprint density at radius 1 is 1.28 bits per heavy atom. The molecule has 1 aromatic carbocycles. The van der Waals surface area contributed by atoms with Crippen molar-refractivity contribution in [3.05, 3.63) is 29.8 Å². The quantitative estimate of drug-likeness (QED) is 0.711. The van der Waals surface area contributed by atoms with Crippen LogP contribution < -0.4 is 10.1 Å². The van der Waals surface area contributed by atoms with Crippen LogP contribution in [0.1, 0.15) is 38.2 Å². The van der Waals surface area contributed by atoms with E-state index in [1.165, 1.54) is 31.2 Å². The summed E-state index contributed by atoms with van der Waals surface area (Å²) in [5, 5.41) is 3.61. The third-order valence-corrected chi connectivity index (χ3v) is 3.68. The fourth-order valence-corrected chi connectivity index (χ4v) is 2.33. The smallest absolute Gasteiger partial charge is 0.118 e. The Labute approximate surface area is 111 Å². The summed E-state index contributed by atoms with van der Waals surface area (Å²) in [6.45, 7) is 3.43. The summed E-state index contributed by atoms with van der Waals surface area (Å²) in [6, 6.07) is 8.93.